The van der Waals surface area contributed by atoms with E-state index >= 15 is 0 Å². The second-order valence-electron chi connectivity index (χ2n) is 9.34. The number of amides is 1. The molecule has 2 heterocycles. The van der Waals surface area contributed by atoms with Gasteiger partial charge >= 0.3 is 0 Å². The van der Waals surface area contributed by atoms with Gasteiger partial charge in [0, 0.05) is 23.1 Å². The Kier molecular flexibility index (Phi) is 6.46. The molecule has 0 radical (unpaired) electrons. The minimum absolute atomic E-state index is 0.0861. The smallest absolute Gasteiger partial charge is 0.267 e. The molecule has 5 heteroatoms. The average Bonchev–Trinajstić information content (AvgIpc) is 3.30. The molecule has 5 rings (SSSR count). The molecule has 0 bridgehead atoms. The van der Waals surface area contributed by atoms with Crippen LogP contribution in [0.3, 0.4) is 0 Å². The summed E-state index contributed by atoms with van der Waals surface area (Å²) in [6, 6.07) is 22.7. The summed E-state index contributed by atoms with van der Waals surface area (Å²) in [5.41, 5.74) is 5.39. The highest BCUT2D eigenvalue weighted by atomic mass is 32.2. The van der Waals surface area contributed by atoms with E-state index in [2.05, 4.69) is 61.7 Å². The second-order valence-corrected chi connectivity index (χ2v) is 10.4. The number of thioether (sulfide) groups is 1. The summed E-state index contributed by atoms with van der Waals surface area (Å²) in [6.45, 7) is 6.51. The van der Waals surface area contributed by atoms with Crippen molar-refractivity contribution in [1.29, 1.82) is 0 Å². The molecule has 174 valence electrons. The van der Waals surface area contributed by atoms with Crippen LogP contribution in [0.4, 0.5) is 5.69 Å². The first-order valence-electron chi connectivity index (χ1n) is 12.1. The van der Waals surface area contributed by atoms with Gasteiger partial charge in [0.15, 0.2) is 5.17 Å². The van der Waals surface area contributed by atoms with E-state index in [0.29, 0.717) is 5.92 Å². The normalized spacial score (nSPS) is 23.3. The molecule has 4 nitrogen and oxygen atoms in total. The van der Waals surface area contributed by atoms with E-state index in [-0.39, 0.29) is 11.9 Å². The molecule has 3 aromatic rings. The van der Waals surface area contributed by atoms with E-state index in [0.717, 1.165) is 51.2 Å². The third kappa shape index (κ3) is 4.37. The lowest BCUT2D eigenvalue weighted by Crippen LogP contribution is -2.44. The molecule has 0 N–H and O–H groups in total. The van der Waals surface area contributed by atoms with Gasteiger partial charge in [0.1, 0.15) is 0 Å². The van der Waals surface area contributed by atoms with E-state index in [4.69, 9.17) is 4.99 Å². The van der Waals surface area contributed by atoms with E-state index in [1.807, 2.05) is 41.3 Å². The number of nitrogens with zero attached hydrogens (tertiary/aromatic N) is 3. The van der Waals surface area contributed by atoms with Crippen molar-refractivity contribution in [1.82, 2.24) is 9.47 Å². The van der Waals surface area contributed by atoms with Crippen molar-refractivity contribution in [2.75, 3.05) is 0 Å². The van der Waals surface area contributed by atoms with Gasteiger partial charge in [-0.1, -0.05) is 56.2 Å². The largest absolute Gasteiger partial charge is 0.318 e. The summed E-state index contributed by atoms with van der Waals surface area (Å²) in [5, 5.41) is 0.804. The molecule has 0 spiro atoms. The minimum Gasteiger partial charge on any atom is -0.318 e. The van der Waals surface area contributed by atoms with Crippen LogP contribution < -0.4 is 0 Å². The molecule has 0 unspecified atom stereocenters. The number of aliphatic imine (C=N–C) groups is 1. The van der Waals surface area contributed by atoms with Crippen molar-refractivity contribution in [2.24, 2.45) is 10.9 Å². The van der Waals surface area contributed by atoms with Crippen LogP contribution in [0, 0.1) is 19.8 Å². The van der Waals surface area contributed by atoms with Crippen molar-refractivity contribution < 1.29 is 4.79 Å². The lowest BCUT2D eigenvalue weighted by atomic mass is 9.85. The molecule has 34 heavy (non-hydrogen) atoms. The van der Waals surface area contributed by atoms with Crippen LogP contribution in [-0.4, -0.2) is 26.6 Å². The Hall–Kier alpha value is -3.05. The fourth-order valence-electron chi connectivity index (χ4n) is 5.20. The van der Waals surface area contributed by atoms with Crippen molar-refractivity contribution >= 4 is 34.6 Å². The third-order valence-corrected chi connectivity index (χ3v) is 7.97. The first-order chi connectivity index (χ1) is 16.5. The molecule has 1 saturated carbocycles. The number of hydrogen-bond donors (Lipinski definition) is 0. The van der Waals surface area contributed by atoms with Gasteiger partial charge in [-0.2, -0.15) is 0 Å². The second kappa shape index (κ2) is 9.67. The van der Waals surface area contributed by atoms with Gasteiger partial charge in [0.2, 0.25) is 0 Å². The Bertz CT molecular complexity index is 1240. The maximum atomic E-state index is 13.8. The van der Waals surface area contributed by atoms with Crippen LogP contribution >= 0.6 is 11.8 Å². The molecular weight excluding hydrogens is 438 g/mol. The molecule has 1 aromatic heterocycles. The van der Waals surface area contributed by atoms with Gasteiger partial charge in [-0.25, -0.2) is 4.99 Å². The van der Waals surface area contributed by atoms with E-state index in [1.165, 1.54) is 24.6 Å². The lowest BCUT2D eigenvalue weighted by Gasteiger charge is -2.35. The quantitative estimate of drug-likeness (QED) is 0.377. The molecule has 2 atom stereocenters. The highest BCUT2D eigenvalue weighted by Gasteiger charge is 2.41. The number of hydrogen-bond acceptors (Lipinski definition) is 3. The first-order valence-corrected chi connectivity index (χ1v) is 13.0. The standard InChI is InChI=1S/C29H31N3OS/c1-20-12-10-11-17-26(20)32-28(33)27(34-29(32)30-24-13-6-4-7-14-24)19-23-18-21(2)31(22(23)3)25-15-8-5-9-16-25/h4-9,13-16,18-20,26H,10-12,17H2,1-3H3/b27-19-,30-29?/t20-,26-/m0/s1. The highest BCUT2D eigenvalue weighted by molar-refractivity contribution is 8.18. The van der Waals surface area contributed by atoms with Gasteiger partial charge < -0.3 is 4.57 Å². The first kappa shape index (κ1) is 22.7. The number of aryl methyl sites for hydroxylation is 1. The summed E-state index contributed by atoms with van der Waals surface area (Å²) in [4.78, 5) is 21.4. The fraction of sp³-hybridized carbons (Fsp3) is 0.310. The number of aromatic nitrogens is 1. The summed E-state index contributed by atoms with van der Waals surface area (Å²) in [5.74, 6) is 0.560. The number of carbonyl (C=O) groups is 1. The average molecular weight is 470 g/mol. The summed E-state index contributed by atoms with van der Waals surface area (Å²) >= 11 is 1.51. The number of amidine groups is 1. The van der Waals surface area contributed by atoms with E-state index in [9.17, 15) is 4.79 Å². The number of para-hydroxylation sites is 2. The van der Waals surface area contributed by atoms with Crippen LogP contribution in [0.15, 0.2) is 76.6 Å². The van der Waals surface area contributed by atoms with Crippen LogP contribution in [0.5, 0.6) is 0 Å². The number of benzene rings is 2. The summed E-state index contributed by atoms with van der Waals surface area (Å²) in [7, 11) is 0. The zero-order chi connectivity index (χ0) is 23.7. The SMILES string of the molecule is Cc1cc(/C=C2\SC(=Nc3ccccc3)N([C@H]3CCCC[C@@H]3C)C2=O)c(C)n1-c1ccccc1. The molecule has 2 fully saturated rings. The third-order valence-electron chi connectivity index (χ3n) is 6.99. The molecule has 2 aromatic carbocycles. The Morgan fingerprint density at radius 1 is 0.971 bits per heavy atom. The molecule has 1 amide bonds. The fourth-order valence-corrected chi connectivity index (χ4v) is 6.24. The Labute approximate surface area is 206 Å². The van der Waals surface area contributed by atoms with Crippen LogP contribution in [0.1, 0.15) is 49.6 Å². The van der Waals surface area contributed by atoms with Gasteiger partial charge in [-0.3, -0.25) is 9.69 Å². The van der Waals surface area contributed by atoms with Gasteiger partial charge in [0.05, 0.1) is 10.6 Å². The topological polar surface area (TPSA) is 37.6 Å². The van der Waals surface area contributed by atoms with Gasteiger partial charge in [-0.05, 0) is 86.3 Å². The van der Waals surface area contributed by atoms with Crippen molar-refractivity contribution in [2.45, 2.75) is 52.5 Å². The van der Waals surface area contributed by atoms with E-state index in [1.54, 1.807) is 0 Å². The molecular formula is C29H31N3OS. The Morgan fingerprint density at radius 3 is 2.35 bits per heavy atom. The lowest BCUT2D eigenvalue weighted by molar-refractivity contribution is -0.124. The zero-order valence-electron chi connectivity index (χ0n) is 20.1. The van der Waals surface area contributed by atoms with Crippen LogP contribution in [-0.2, 0) is 4.79 Å². The maximum absolute atomic E-state index is 13.8. The molecule has 1 saturated heterocycles. The predicted molar refractivity (Wildman–Crippen MR) is 143 cm³/mol. The number of carbonyl (C=O) groups excluding carboxylic acids is 1. The predicted octanol–water partition coefficient (Wildman–Crippen LogP) is 7.28. The molecule has 1 aliphatic heterocycles. The van der Waals surface area contributed by atoms with Gasteiger partial charge in [-0.15, -0.1) is 0 Å². The van der Waals surface area contributed by atoms with E-state index < -0.39 is 0 Å². The molecule has 2 aliphatic rings. The van der Waals surface area contributed by atoms with Crippen molar-refractivity contribution in [3.63, 3.8) is 0 Å². The Morgan fingerprint density at radius 2 is 1.65 bits per heavy atom. The maximum Gasteiger partial charge on any atom is 0.267 e. The summed E-state index contributed by atoms with van der Waals surface area (Å²) in [6.07, 6.45) is 6.67. The van der Waals surface area contributed by atoms with Crippen LogP contribution in [0.2, 0.25) is 0 Å². The monoisotopic (exact) mass is 469 g/mol. The van der Waals surface area contributed by atoms with Crippen molar-refractivity contribution in [3.05, 3.63) is 88.6 Å². The number of rotatable bonds is 4. The highest BCUT2D eigenvalue weighted by Crippen LogP contribution is 2.40. The summed E-state index contributed by atoms with van der Waals surface area (Å²) < 4.78 is 2.25. The minimum atomic E-state index is 0.0861. The van der Waals surface area contributed by atoms with Crippen molar-refractivity contribution in [3.8, 4) is 5.69 Å². The van der Waals surface area contributed by atoms with Gasteiger partial charge in [0.25, 0.3) is 5.91 Å². The Balaban J connectivity index is 1.54. The van der Waals surface area contributed by atoms with Crippen LogP contribution in [0.25, 0.3) is 11.8 Å². The molecule has 1 aliphatic carbocycles. The zero-order valence-corrected chi connectivity index (χ0v) is 20.9.